The van der Waals surface area contributed by atoms with Gasteiger partial charge < -0.3 is 15.3 Å². The van der Waals surface area contributed by atoms with Gasteiger partial charge in [0.2, 0.25) is 5.91 Å². The lowest BCUT2D eigenvalue weighted by molar-refractivity contribution is -0.137. The Balaban J connectivity index is 1.70. The molecule has 8 heteroatoms. The molecule has 0 aliphatic rings. The number of rotatable bonds is 4. The molecular weight excluding hydrogens is 335 g/mol. The van der Waals surface area contributed by atoms with Crippen molar-refractivity contribution >= 4 is 22.5 Å². The Kier molecular flexibility index (Phi) is 4.35. The third-order valence-corrected chi connectivity index (χ3v) is 3.80. The molecule has 1 amide bonds. The number of benzene rings is 1. The summed E-state index contributed by atoms with van der Waals surface area (Å²) in [6.07, 6.45) is -1.81. The quantitative estimate of drug-likeness (QED) is 0.675. The minimum absolute atomic E-state index is 0.0392. The van der Waals surface area contributed by atoms with Crippen LogP contribution in [0.2, 0.25) is 0 Å². The van der Waals surface area contributed by atoms with Crippen molar-refractivity contribution in [2.75, 3.05) is 5.32 Å². The number of para-hydroxylation sites is 1. The van der Waals surface area contributed by atoms with Crippen molar-refractivity contribution in [3.63, 3.8) is 0 Å². The number of nitrogens with one attached hydrogen (secondary N) is 3. The van der Waals surface area contributed by atoms with E-state index >= 15 is 0 Å². The minimum Gasteiger partial charge on any atom is -0.361 e. The SMILES string of the molecule is O=C(CCc1c[nH]c2ccccc12)Nc1cc(C(F)(F)F)c[nH]c1=O. The summed E-state index contributed by atoms with van der Waals surface area (Å²) in [6, 6.07) is 8.21. The fourth-order valence-corrected chi connectivity index (χ4v) is 2.54. The van der Waals surface area contributed by atoms with Gasteiger partial charge >= 0.3 is 6.18 Å². The molecule has 3 rings (SSSR count). The maximum Gasteiger partial charge on any atom is 0.417 e. The molecular formula is C17H14F3N3O2. The molecule has 5 nitrogen and oxygen atoms in total. The first-order valence-electron chi connectivity index (χ1n) is 7.49. The number of fused-ring (bicyclic) bond motifs is 1. The van der Waals surface area contributed by atoms with Gasteiger partial charge in [0.1, 0.15) is 5.69 Å². The van der Waals surface area contributed by atoms with Gasteiger partial charge in [-0.1, -0.05) is 18.2 Å². The van der Waals surface area contributed by atoms with Gasteiger partial charge in [-0.15, -0.1) is 0 Å². The maximum absolute atomic E-state index is 12.7. The molecule has 0 fully saturated rings. The number of H-pyrrole nitrogens is 2. The van der Waals surface area contributed by atoms with Crippen molar-refractivity contribution in [1.82, 2.24) is 9.97 Å². The molecule has 0 bridgehead atoms. The first-order valence-corrected chi connectivity index (χ1v) is 7.49. The Labute approximate surface area is 139 Å². The van der Waals surface area contributed by atoms with E-state index in [1.54, 1.807) is 6.20 Å². The Morgan fingerprint density at radius 3 is 2.64 bits per heavy atom. The van der Waals surface area contributed by atoms with Crippen molar-refractivity contribution in [3.8, 4) is 0 Å². The Hall–Kier alpha value is -3.03. The third-order valence-electron chi connectivity index (χ3n) is 3.80. The number of carbonyl (C=O) groups is 1. The molecule has 2 heterocycles. The van der Waals surface area contributed by atoms with E-state index < -0.39 is 28.9 Å². The van der Waals surface area contributed by atoms with Gasteiger partial charge in [0.05, 0.1) is 5.56 Å². The van der Waals surface area contributed by atoms with Gasteiger partial charge in [-0.2, -0.15) is 13.2 Å². The van der Waals surface area contributed by atoms with E-state index in [1.807, 2.05) is 29.2 Å². The highest BCUT2D eigenvalue weighted by molar-refractivity contribution is 5.91. The van der Waals surface area contributed by atoms with Crippen LogP contribution in [-0.2, 0) is 17.4 Å². The number of aromatic amines is 2. The summed E-state index contributed by atoms with van der Waals surface area (Å²) in [6.45, 7) is 0. The molecule has 3 aromatic rings. The first kappa shape index (κ1) is 16.8. The molecule has 0 spiro atoms. The van der Waals surface area contributed by atoms with Gasteiger partial charge in [0.25, 0.3) is 5.56 Å². The topological polar surface area (TPSA) is 77.8 Å². The average Bonchev–Trinajstić information content (AvgIpc) is 2.97. The number of hydrogen-bond acceptors (Lipinski definition) is 2. The molecule has 25 heavy (non-hydrogen) atoms. The summed E-state index contributed by atoms with van der Waals surface area (Å²) in [4.78, 5) is 28.7. The monoisotopic (exact) mass is 349 g/mol. The maximum atomic E-state index is 12.7. The summed E-state index contributed by atoms with van der Waals surface area (Å²) < 4.78 is 38.0. The molecule has 0 unspecified atom stereocenters. The third kappa shape index (κ3) is 3.73. The van der Waals surface area contributed by atoms with Crippen molar-refractivity contribution in [2.45, 2.75) is 19.0 Å². The molecule has 0 atom stereocenters. The number of carbonyl (C=O) groups excluding carboxylic acids is 1. The lowest BCUT2D eigenvalue weighted by Crippen LogP contribution is -2.21. The fraction of sp³-hybridized carbons (Fsp3) is 0.176. The number of aryl methyl sites for hydroxylation is 1. The minimum atomic E-state index is -4.60. The Morgan fingerprint density at radius 1 is 1.12 bits per heavy atom. The van der Waals surface area contributed by atoms with E-state index in [0.717, 1.165) is 16.5 Å². The number of pyridine rings is 1. The van der Waals surface area contributed by atoms with Crippen molar-refractivity contribution < 1.29 is 18.0 Å². The van der Waals surface area contributed by atoms with E-state index in [0.29, 0.717) is 18.7 Å². The summed E-state index contributed by atoms with van der Waals surface area (Å²) >= 11 is 0. The van der Waals surface area contributed by atoms with Crippen LogP contribution in [0.3, 0.4) is 0 Å². The van der Waals surface area contributed by atoms with Gasteiger partial charge in [0, 0.05) is 29.7 Å². The largest absolute Gasteiger partial charge is 0.417 e. The van der Waals surface area contributed by atoms with Crippen LogP contribution in [-0.4, -0.2) is 15.9 Å². The van der Waals surface area contributed by atoms with Gasteiger partial charge in [-0.25, -0.2) is 0 Å². The van der Waals surface area contributed by atoms with Crippen LogP contribution < -0.4 is 10.9 Å². The molecule has 1 aromatic carbocycles. The summed E-state index contributed by atoms with van der Waals surface area (Å²) in [7, 11) is 0. The second kappa shape index (κ2) is 6.46. The second-order valence-corrected chi connectivity index (χ2v) is 5.54. The number of anilines is 1. The Morgan fingerprint density at radius 2 is 1.88 bits per heavy atom. The van der Waals surface area contributed by atoms with Gasteiger partial charge in [-0.3, -0.25) is 9.59 Å². The van der Waals surface area contributed by atoms with Crippen molar-refractivity contribution in [2.24, 2.45) is 0 Å². The zero-order chi connectivity index (χ0) is 18.0. The van der Waals surface area contributed by atoms with E-state index in [-0.39, 0.29) is 6.42 Å². The highest BCUT2D eigenvalue weighted by atomic mass is 19.4. The molecule has 0 saturated heterocycles. The van der Waals surface area contributed by atoms with Crippen LogP contribution in [0.4, 0.5) is 18.9 Å². The number of aromatic nitrogens is 2. The molecule has 0 saturated carbocycles. The summed E-state index contributed by atoms with van der Waals surface area (Å²) in [5.41, 5.74) is -0.373. The summed E-state index contributed by atoms with van der Waals surface area (Å²) in [5, 5.41) is 3.22. The van der Waals surface area contributed by atoms with Crippen molar-refractivity contribution in [3.05, 3.63) is 64.2 Å². The van der Waals surface area contributed by atoms with Crippen LogP contribution in [0.25, 0.3) is 10.9 Å². The highest BCUT2D eigenvalue weighted by Gasteiger charge is 2.31. The zero-order valence-corrected chi connectivity index (χ0v) is 12.9. The van der Waals surface area contributed by atoms with Crippen LogP contribution in [0.1, 0.15) is 17.5 Å². The molecule has 0 aliphatic heterocycles. The van der Waals surface area contributed by atoms with Crippen LogP contribution >= 0.6 is 0 Å². The van der Waals surface area contributed by atoms with Crippen LogP contribution in [0.5, 0.6) is 0 Å². The van der Waals surface area contributed by atoms with Crippen LogP contribution in [0.15, 0.2) is 47.5 Å². The van der Waals surface area contributed by atoms with E-state index in [1.165, 1.54) is 0 Å². The van der Waals surface area contributed by atoms with Crippen molar-refractivity contribution in [1.29, 1.82) is 0 Å². The second-order valence-electron chi connectivity index (χ2n) is 5.54. The molecule has 0 radical (unpaired) electrons. The predicted molar refractivity (Wildman–Crippen MR) is 87.3 cm³/mol. The van der Waals surface area contributed by atoms with Crippen LogP contribution in [0, 0.1) is 0 Å². The van der Waals surface area contributed by atoms with E-state index in [9.17, 15) is 22.8 Å². The molecule has 3 N–H and O–H groups in total. The predicted octanol–water partition coefficient (Wildman–Crippen LogP) is 3.45. The van der Waals surface area contributed by atoms with E-state index in [2.05, 4.69) is 10.3 Å². The smallest absolute Gasteiger partial charge is 0.361 e. The highest BCUT2D eigenvalue weighted by Crippen LogP contribution is 2.29. The number of halogens is 3. The molecule has 130 valence electrons. The number of amides is 1. The van der Waals surface area contributed by atoms with Gasteiger partial charge in [-0.05, 0) is 24.1 Å². The standard InChI is InChI=1S/C17H14F3N3O2/c18-17(19,20)11-7-14(16(25)22-9-11)23-15(24)6-5-10-8-21-13-4-2-1-3-12(10)13/h1-4,7-9,21H,5-6H2,(H,22,25)(H,23,24). The fourth-order valence-electron chi connectivity index (χ4n) is 2.54. The Bertz CT molecular complexity index is 973. The first-order chi connectivity index (χ1) is 11.8. The average molecular weight is 349 g/mol. The zero-order valence-electron chi connectivity index (χ0n) is 12.9. The normalized spacial score (nSPS) is 11.6. The molecule has 2 aromatic heterocycles. The summed E-state index contributed by atoms with van der Waals surface area (Å²) in [5.74, 6) is -0.532. The lowest BCUT2D eigenvalue weighted by atomic mass is 10.1. The van der Waals surface area contributed by atoms with Gasteiger partial charge in [0.15, 0.2) is 0 Å². The molecule has 0 aliphatic carbocycles. The van der Waals surface area contributed by atoms with E-state index in [4.69, 9.17) is 0 Å². The number of hydrogen-bond donors (Lipinski definition) is 3. The lowest BCUT2D eigenvalue weighted by Gasteiger charge is -2.09. The number of alkyl halides is 3.